The smallest absolute Gasteiger partial charge is 0.181 e. The average Bonchev–Trinajstić information content (AvgIpc) is 3.40. The Morgan fingerprint density at radius 1 is 0.771 bits per heavy atom. The zero-order valence-electron chi connectivity index (χ0n) is 19.3. The molecule has 1 aromatic heterocycles. The minimum Gasteiger partial charge on any atom is -0.451 e. The topological polar surface area (TPSA) is 29.3 Å². The summed E-state index contributed by atoms with van der Waals surface area (Å²) in [5, 5.41) is 4.88. The average molecular weight is 517 g/mol. The quantitative estimate of drug-likeness (QED) is 0.224. The largest absolute Gasteiger partial charge is 0.451 e. The Labute approximate surface area is 216 Å². The number of nitrogens with zero attached hydrogens (tertiary/aromatic N) is 2. The predicted molar refractivity (Wildman–Crippen MR) is 150 cm³/mol. The highest BCUT2D eigenvalue weighted by molar-refractivity contribution is 7.80. The van der Waals surface area contributed by atoms with Crippen LogP contribution in [0.4, 0.5) is 5.69 Å². The van der Waals surface area contributed by atoms with Crippen LogP contribution in [0.1, 0.15) is 0 Å². The molecule has 4 aromatic carbocycles. The lowest BCUT2D eigenvalue weighted by molar-refractivity contribution is 0.558. The second-order valence-corrected chi connectivity index (χ2v) is 11.3. The Kier molecular flexibility index (Phi) is 6.92. The van der Waals surface area contributed by atoms with Crippen molar-refractivity contribution in [3.8, 4) is 22.4 Å². The van der Waals surface area contributed by atoms with Gasteiger partial charge in [0.1, 0.15) is 12.0 Å². The molecular weight excluding hydrogens is 494 g/mol. The molecule has 3 nitrogen and oxygen atoms in total. The molecule has 0 saturated carbocycles. The Hall–Kier alpha value is -3.10. The van der Waals surface area contributed by atoms with Crippen LogP contribution in [0, 0.1) is 0 Å². The Morgan fingerprint density at radius 3 is 1.97 bits per heavy atom. The molecule has 5 aromatic rings. The van der Waals surface area contributed by atoms with Gasteiger partial charge in [0.25, 0.3) is 0 Å². The first-order chi connectivity index (χ1) is 17.0. The highest BCUT2D eigenvalue weighted by Gasteiger charge is 2.26. The molecule has 0 radical (unpaired) electrons. The number of rotatable bonds is 6. The van der Waals surface area contributed by atoms with E-state index in [1.165, 1.54) is 22.3 Å². The van der Waals surface area contributed by atoms with Crippen molar-refractivity contribution in [2.75, 3.05) is 19.0 Å². The Balaban J connectivity index is 1.91. The van der Waals surface area contributed by atoms with Gasteiger partial charge < -0.3 is 9.32 Å². The van der Waals surface area contributed by atoms with E-state index in [4.69, 9.17) is 27.6 Å². The fourth-order valence-electron chi connectivity index (χ4n) is 4.15. The summed E-state index contributed by atoms with van der Waals surface area (Å²) in [5.74, 6) is 0. The molecule has 0 N–H and O–H groups in total. The first-order valence-corrected chi connectivity index (χ1v) is 13.2. The molecule has 1 heterocycles. The van der Waals surface area contributed by atoms with E-state index in [1.54, 1.807) is 12.3 Å². The van der Waals surface area contributed by atoms with Crippen LogP contribution in [-0.4, -0.2) is 19.1 Å². The summed E-state index contributed by atoms with van der Waals surface area (Å²) in [6.45, 7) is 0. The molecule has 0 aliphatic rings. The van der Waals surface area contributed by atoms with Crippen molar-refractivity contribution in [3.05, 3.63) is 114 Å². The van der Waals surface area contributed by atoms with Gasteiger partial charge in [0.15, 0.2) is 6.39 Å². The van der Waals surface area contributed by atoms with Gasteiger partial charge in [0.2, 0.25) is 0 Å². The zero-order chi connectivity index (χ0) is 24.4. The monoisotopic (exact) mass is 516 g/mol. The van der Waals surface area contributed by atoms with Crippen LogP contribution in [0.2, 0.25) is 10.0 Å². The second-order valence-electron chi connectivity index (χ2n) is 8.29. The van der Waals surface area contributed by atoms with E-state index in [0.717, 1.165) is 28.1 Å². The Morgan fingerprint density at radius 2 is 1.43 bits per heavy atom. The third-order valence-corrected chi connectivity index (χ3v) is 8.81. The van der Waals surface area contributed by atoms with Crippen molar-refractivity contribution in [1.29, 1.82) is 0 Å². The molecule has 174 valence electrons. The van der Waals surface area contributed by atoms with Crippen LogP contribution < -0.4 is 20.8 Å². The lowest BCUT2D eigenvalue weighted by atomic mass is 9.96. The SMILES string of the molecule is CN(C)c1cc(-c2cocn2)c(-c2ccc(Cl)cc2Cl)c(P(c2ccccc2)c2ccccc2)c1. The van der Waals surface area contributed by atoms with Gasteiger partial charge in [-0.25, -0.2) is 4.98 Å². The van der Waals surface area contributed by atoms with Gasteiger partial charge in [-0.1, -0.05) is 89.9 Å². The van der Waals surface area contributed by atoms with Crippen molar-refractivity contribution < 1.29 is 4.42 Å². The molecule has 0 amide bonds. The number of aromatic nitrogens is 1. The van der Waals surface area contributed by atoms with Crippen LogP contribution in [0.5, 0.6) is 0 Å². The van der Waals surface area contributed by atoms with Gasteiger partial charge in [-0.2, -0.15) is 0 Å². The zero-order valence-corrected chi connectivity index (χ0v) is 21.7. The molecule has 0 atom stereocenters. The molecule has 0 spiro atoms. The highest BCUT2D eigenvalue weighted by Crippen LogP contribution is 2.44. The van der Waals surface area contributed by atoms with Gasteiger partial charge in [-0.3, -0.25) is 0 Å². The van der Waals surface area contributed by atoms with Crippen LogP contribution in [0.15, 0.2) is 108 Å². The maximum absolute atomic E-state index is 6.84. The molecule has 5 rings (SSSR count). The molecule has 0 aliphatic heterocycles. The lowest BCUT2D eigenvalue weighted by Gasteiger charge is -2.27. The minimum absolute atomic E-state index is 0.595. The van der Waals surface area contributed by atoms with Crippen LogP contribution >= 0.6 is 31.1 Å². The van der Waals surface area contributed by atoms with Gasteiger partial charge in [-0.15, -0.1) is 0 Å². The normalized spacial score (nSPS) is 11.1. The van der Waals surface area contributed by atoms with Gasteiger partial charge in [-0.05, 0) is 48.1 Å². The molecule has 6 heteroatoms. The maximum Gasteiger partial charge on any atom is 0.181 e. The molecule has 0 bridgehead atoms. The van der Waals surface area contributed by atoms with Gasteiger partial charge in [0, 0.05) is 46.5 Å². The molecule has 0 saturated heterocycles. The fraction of sp³-hybridized carbons (Fsp3) is 0.0690. The van der Waals surface area contributed by atoms with E-state index in [-0.39, 0.29) is 0 Å². The van der Waals surface area contributed by atoms with E-state index in [9.17, 15) is 0 Å². The van der Waals surface area contributed by atoms with E-state index in [1.807, 2.05) is 26.2 Å². The van der Waals surface area contributed by atoms with Crippen LogP contribution in [-0.2, 0) is 0 Å². The summed E-state index contributed by atoms with van der Waals surface area (Å²) >= 11 is 13.1. The third-order valence-electron chi connectivity index (χ3n) is 5.80. The van der Waals surface area contributed by atoms with Crippen molar-refractivity contribution >= 4 is 52.7 Å². The molecular formula is C29H23Cl2N2OP. The fourth-order valence-corrected chi connectivity index (χ4v) is 7.17. The summed E-state index contributed by atoms with van der Waals surface area (Å²) in [4.78, 5) is 6.63. The summed E-state index contributed by atoms with van der Waals surface area (Å²) in [5.41, 5.74) is 4.74. The number of hydrogen-bond acceptors (Lipinski definition) is 3. The summed E-state index contributed by atoms with van der Waals surface area (Å²) in [6, 6.07) is 31.4. The molecule has 0 aliphatic carbocycles. The minimum atomic E-state index is -0.920. The summed E-state index contributed by atoms with van der Waals surface area (Å²) in [7, 11) is 3.18. The van der Waals surface area contributed by atoms with E-state index in [2.05, 4.69) is 82.7 Å². The van der Waals surface area contributed by atoms with E-state index in [0.29, 0.717) is 10.0 Å². The standard InChI is InChI=1S/C29H23Cl2N2OP/c1-33(2)21-16-25(27-18-34-19-32-27)29(24-14-13-20(30)15-26(24)31)28(17-21)35(22-9-5-3-6-10-22)23-11-7-4-8-12-23/h3-19H,1-2H3. The number of oxazole rings is 1. The van der Waals surface area contributed by atoms with E-state index >= 15 is 0 Å². The van der Waals surface area contributed by atoms with E-state index < -0.39 is 7.92 Å². The van der Waals surface area contributed by atoms with Crippen molar-refractivity contribution in [2.45, 2.75) is 0 Å². The summed E-state index contributed by atoms with van der Waals surface area (Å²) in [6.07, 6.45) is 3.14. The highest BCUT2D eigenvalue weighted by atomic mass is 35.5. The van der Waals surface area contributed by atoms with Crippen molar-refractivity contribution in [2.24, 2.45) is 0 Å². The molecule has 35 heavy (non-hydrogen) atoms. The lowest BCUT2D eigenvalue weighted by Crippen LogP contribution is -2.24. The second kappa shape index (κ2) is 10.3. The Bertz CT molecular complexity index is 1400. The van der Waals surface area contributed by atoms with Crippen molar-refractivity contribution in [1.82, 2.24) is 4.98 Å². The van der Waals surface area contributed by atoms with Gasteiger partial charge in [0.05, 0.1) is 0 Å². The number of anilines is 1. The molecule has 0 unspecified atom stereocenters. The maximum atomic E-state index is 6.84. The number of hydrogen-bond donors (Lipinski definition) is 0. The van der Waals surface area contributed by atoms with Crippen molar-refractivity contribution in [3.63, 3.8) is 0 Å². The molecule has 0 fully saturated rings. The predicted octanol–water partition coefficient (Wildman–Crippen LogP) is 7.14. The third kappa shape index (κ3) is 4.86. The van der Waals surface area contributed by atoms with Crippen LogP contribution in [0.25, 0.3) is 22.4 Å². The summed E-state index contributed by atoms with van der Waals surface area (Å²) < 4.78 is 5.41. The first kappa shape index (κ1) is 23.6. The van der Waals surface area contributed by atoms with Gasteiger partial charge >= 0.3 is 0 Å². The first-order valence-electron chi connectivity index (χ1n) is 11.1. The number of halogens is 2. The number of benzene rings is 4. The van der Waals surface area contributed by atoms with Crippen LogP contribution in [0.3, 0.4) is 0 Å².